The zero-order valence-electron chi connectivity index (χ0n) is 17.1. The molecule has 0 aliphatic carbocycles. The molecule has 1 aromatic heterocycles. The van der Waals surface area contributed by atoms with Gasteiger partial charge in [0, 0.05) is 12.2 Å². The number of hydrogen-bond acceptors (Lipinski definition) is 3. The maximum absolute atomic E-state index is 12.4. The van der Waals surface area contributed by atoms with Crippen molar-refractivity contribution in [3.8, 4) is 0 Å². The predicted molar refractivity (Wildman–Crippen MR) is 119 cm³/mol. The molecule has 1 atom stereocenters. The number of fused-ring (bicyclic) bond motifs is 1. The number of imidazole rings is 1. The smallest absolute Gasteiger partial charge is 0.234 e. The van der Waals surface area contributed by atoms with Crippen LogP contribution in [0.3, 0.4) is 0 Å². The van der Waals surface area contributed by atoms with Crippen LogP contribution in [-0.2, 0) is 11.3 Å². The summed E-state index contributed by atoms with van der Waals surface area (Å²) in [5, 5.41) is 3.89. The van der Waals surface area contributed by atoms with E-state index in [1.807, 2.05) is 30.3 Å². The number of nitrogens with one attached hydrogen (secondary N) is 1. The summed E-state index contributed by atoms with van der Waals surface area (Å²) < 4.78 is 2.22. The summed E-state index contributed by atoms with van der Waals surface area (Å²) in [6.07, 6.45) is 1.11. The van der Waals surface area contributed by atoms with E-state index in [1.54, 1.807) is 0 Å². The van der Waals surface area contributed by atoms with Gasteiger partial charge >= 0.3 is 0 Å². The zero-order valence-corrected chi connectivity index (χ0v) is 17.9. The minimum absolute atomic E-state index is 0.00977. The molecule has 0 spiro atoms. The summed E-state index contributed by atoms with van der Waals surface area (Å²) >= 11 is 1.49. The first-order valence-electron chi connectivity index (χ1n) is 9.95. The highest BCUT2D eigenvalue weighted by Crippen LogP contribution is 2.26. The van der Waals surface area contributed by atoms with Gasteiger partial charge in [0.2, 0.25) is 5.91 Å². The molecule has 5 heteroatoms. The molecule has 0 saturated carbocycles. The van der Waals surface area contributed by atoms with Gasteiger partial charge in [0.25, 0.3) is 0 Å². The fourth-order valence-electron chi connectivity index (χ4n) is 3.16. The third kappa shape index (κ3) is 4.96. The second-order valence-corrected chi connectivity index (χ2v) is 8.60. The van der Waals surface area contributed by atoms with E-state index in [1.165, 1.54) is 17.3 Å². The summed E-state index contributed by atoms with van der Waals surface area (Å²) in [4.78, 5) is 17.2. The topological polar surface area (TPSA) is 46.9 Å². The SMILES string of the molecule is CC[C@@H](C)c1ccc(NC(=O)CSc2nc3ccccc3n2CC(C)C)cc1. The maximum Gasteiger partial charge on any atom is 0.234 e. The predicted octanol–water partition coefficient (Wildman–Crippen LogP) is 5.94. The molecule has 0 unspecified atom stereocenters. The summed E-state index contributed by atoms with van der Waals surface area (Å²) in [6, 6.07) is 16.3. The zero-order chi connectivity index (χ0) is 20.1. The largest absolute Gasteiger partial charge is 0.325 e. The van der Waals surface area contributed by atoms with Crippen LogP contribution in [-0.4, -0.2) is 21.2 Å². The van der Waals surface area contributed by atoms with Gasteiger partial charge in [0.05, 0.1) is 16.8 Å². The van der Waals surface area contributed by atoms with Crippen LogP contribution in [0.2, 0.25) is 0 Å². The van der Waals surface area contributed by atoms with Crippen molar-refractivity contribution in [3.63, 3.8) is 0 Å². The molecule has 0 fully saturated rings. The van der Waals surface area contributed by atoms with E-state index in [-0.39, 0.29) is 5.91 Å². The molecule has 0 radical (unpaired) electrons. The van der Waals surface area contributed by atoms with Crippen molar-refractivity contribution in [2.75, 3.05) is 11.1 Å². The number of benzene rings is 2. The highest BCUT2D eigenvalue weighted by Gasteiger charge is 2.14. The Morgan fingerprint density at radius 3 is 2.50 bits per heavy atom. The molecule has 0 aliphatic rings. The Kier molecular flexibility index (Phi) is 6.79. The molecule has 0 saturated heterocycles. The summed E-state index contributed by atoms with van der Waals surface area (Å²) in [5.41, 5.74) is 4.25. The molecule has 3 rings (SSSR count). The lowest BCUT2D eigenvalue weighted by Gasteiger charge is -2.12. The van der Waals surface area contributed by atoms with Crippen molar-refractivity contribution in [1.82, 2.24) is 9.55 Å². The number of para-hydroxylation sites is 2. The van der Waals surface area contributed by atoms with E-state index in [9.17, 15) is 4.79 Å². The second-order valence-electron chi connectivity index (χ2n) is 7.66. The van der Waals surface area contributed by atoms with Crippen LogP contribution in [0.5, 0.6) is 0 Å². The molecular weight excluding hydrogens is 366 g/mol. The number of thioether (sulfide) groups is 1. The number of hydrogen-bond donors (Lipinski definition) is 1. The number of nitrogens with zero attached hydrogens (tertiary/aromatic N) is 2. The van der Waals surface area contributed by atoms with Crippen LogP contribution in [0.1, 0.15) is 45.6 Å². The van der Waals surface area contributed by atoms with Crippen LogP contribution in [0.15, 0.2) is 53.7 Å². The lowest BCUT2D eigenvalue weighted by molar-refractivity contribution is -0.113. The molecule has 2 aromatic carbocycles. The second kappa shape index (κ2) is 9.28. The van der Waals surface area contributed by atoms with Crippen molar-refractivity contribution in [1.29, 1.82) is 0 Å². The fraction of sp³-hybridized carbons (Fsp3) is 0.391. The Morgan fingerprint density at radius 1 is 1.11 bits per heavy atom. The third-order valence-electron chi connectivity index (χ3n) is 4.88. The molecule has 3 aromatic rings. The highest BCUT2D eigenvalue weighted by atomic mass is 32.2. The Bertz CT molecular complexity index is 931. The molecular formula is C23H29N3OS. The van der Waals surface area contributed by atoms with E-state index in [2.05, 4.69) is 55.8 Å². The Labute approximate surface area is 171 Å². The molecule has 0 aliphatic heterocycles. The van der Waals surface area contributed by atoms with Gasteiger partial charge in [0.15, 0.2) is 5.16 Å². The molecule has 148 valence electrons. The molecule has 4 nitrogen and oxygen atoms in total. The number of aromatic nitrogens is 2. The van der Waals surface area contributed by atoms with Gasteiger partial charge in [0.1, 0.15) is 0 Å². The number of rotatable bonds is 8. The van der Waals surface area contributed by atoms with Gasteiger partial charge in [-0.3, -0.25) is 4.79 Å². The van der Waals surface area contributed by atoms with Crippen LogP contribution in [0, 0.1) is 5.92 Å². The van der Waals surface area contributed by atoms with Gasteiger partial charge in [-0.05, 0) is 48.1 Å². The summed E-state index contributed by atoms with van der Waals surface area (Å²) in [7, 11) is 0. The third-order valence-corrected chi connectivity index (χ3v) is 5.85. The van der Waals surface area contributed by atoms with Gasteiger partial charge < -0.3 is 9.88 Å². The van der Waals surface area contributed by atoms with E-state index >= 15 is 0 Å². The Morgan fingerprint density at radius 2 is 1.82 bits per heavy atom. The highest BCUT2D eigenvalue weighted by molar-refractivity contribution is 7.99. The molecule has 1 heterocycles. The Balaban J connectivity index is 1.66. The minimum Gasteiger partial charge on any atom is -0.325 e. The van der Waals surface area contributed by atoms with E-state index in [0.29, 0.717) is 17.6 Å². The van der Waals surface area contributed by atoms with E-state index in [4.69, 9.17) is 4.98 Å². The Hall–Kier alpha value is -2.27. The van der Waals surface area contributed by atoms with Gasteiger partial charge in [-0.1, -0.05) is 63.7 Å². The lowest BCUT2D eigenvalue weighted by Crippen LogP contribution is -2.15. The lowest BCUT2D eigenvalue weighted by atomic mass is 9.99. The molecule has 0 bridgehead atoms. The summed E-state index contributed by atoms with van der Waals surface area (Å²) in [6.45, 7) is 9.68. The standard InChI is InChI=1S/C23H29N3OS/c1-5-17(4)18-10-12-19(13-11-18)24-22(27)15-28-23-25-20-8-6-7-9-21(20)26(23)14-16(2)3/h6-13,16-17H,5,14-15H2,1-4H3,(H,24,27)/t17-/m1/s1. The van der Waals surface area contributed by atoms with Gasteiger partial charge in [-0.25, -0.2) is 4.98 Å². The minimum atomic E-state index is -0.00977. The van der Waals surface area contributed by atoms with Crippen molar-refractivity contribution in [2.45, 2.75) is 51.7 Å². The van der Waals surface area contributed by atoms with Crippen molar-refractivity contribution in [2.24, 2.45) is 5.92 Å². The quantitative estimate of drug-likeness (QED) is 0.480. The van der Waals surface area contributed by atoms with Crippen LogP contribution in [0.25, 0.3) is 11.0 Å². The van der Waals surface area contributed by atoms with Crippen molar-refractivity contribution < 1.29 is 4.79 Å². The van der Waals surface area contributed by atoms with Gasteiger partial charge in [-0.15, -0.1) is 0 Å². The maximum atomic E-state index is 12.4. The first-order chi connectivity index (χ1) is 13.5. The van der Waals surface area contributed by atoms with E-state index < -0.39 is 0 Å². The number of carbonyl (C=O) groups excluding carboxylic acids is 1. The number of amides is 1. The number of anilines is 1. The van der Waals surface area contributed by atoms with Crippen molar-refractivity contribution in [3.05, 3.63) is 54.1 Å². The van der Waals surface area contributed by atoms with E-state index in [0.717, 1.165) is 34.8 Å². The summed E-state index contributed by atoms with van der Waals surface area (Å²) in [5.74, 6) is 1.38. The monoisotopic (exact) mass is 395 g/mol. The van der Waals surface area contributed by atoms with Crippen LogP contribution >= 0.6 is 11.8 Å². The average molecular weight is 396 g/mol. The first kappa shape index (κ1) is 20.5. The molecule has 1 N–H and O–H groups in total. The van der Waals surface area contributed by atoms with Crippen LogP contribution in [0.4, 0.5) is 5.69 Å². The van der Waals surface area contributed by atoms with Gasteiger partial charge in [-0.2, -0.15) is 0 Å². The fourth-order valence-corrected chi connectivity index (χ4v) is 3.99. The number of carbonyl (C=O) groups is 1. The van der Waals surface area contributed by atoms with Crippen molar-refractivity contribution >= 4 is 34.4 Å². The first-order valence-corrected chi connectivity index (χ1v) is 10.9. The molecule has 28 heavy (non-hydrogen) atoms. The average Bonchev–Trinajstić information content (AvgIpc) is 3.03. The van der Waals surface area contributed by atoms with Crippen LogP contribution < -0.4 is 5.32 Å². The molecule has 1 amide bonds. The normalized spacial score (nSPS) is 12.5.